The van der Waals surface area contributed by atoms with E-state index in [1.165, 1.54) is 0 Å². The molecule has 0 bridgehead atoms. The summed E-state index contributed by atoms with van der Waals surface area (Å²) in [7, 11) is 0. The zero-order chi connectivity index (χ0) is 21.5. The van der Waals surface area contributed by atoms with E-state index in [9.17, 15) is 9.59 Å². The van der Waals surface area contributed by atoms with Crippen molar-refractivity contribution in [3.8, 4) is 5.75 Å². The van der Waals surface area contributed by atoms with Crippen LogP contribution in [0.1, 0.15) is 34.0 Å². The van der Waals surface area contributed by atoms with Crippen LogP contribution in [0.25, 0.3) is 0 Å². The highest BCUT2D eigenvalue weighted by Gasteiger charge is 2.17. The van der Waals surface area contributed by atoms with Gasteiger partial charge in [-0.3, -0.25) is 4.79 Å². The van der Waals surface area contributed by atoms with Crippen LogP contribution in [0.5, 0.6) is 5.75 Å². The van der Waals surface area contributed by atoms with Gasteiger partial charge < -0.3 is 14.8 Å². The number of hydrogen-bond donors (Lipinski definition) is 1. The van der Waals surface area contributed by atoms with E-state index in [2.05, 4.69) is 5.32 Å². The van der Waals surface area contributed by atoms with Crippen LogP contribution in [0, 0.1) is 13.8 Å². The maximum atomic E-state index is 12.5. The van der Waals surface area contributed by atoms with Gasteiger partial charge >= 0.3 is 5.97 Å². The SMILES string of the molecule is Cc1cccc(NC(=O)c2ccc(O[C@@H](C)C(=O)OCc3ccccc3)cc2)c1C. The average molecular weight is 403 g/mol. The first-order chi connectivity index (χ1) is 14.4. The fourth-order valence-electron chi connectivity index (χ4n) is 2.86. The minimum Gasteiger partial charge on any atom is -0.479 e. The standard InChI is InChI=1S/C25H25NO4/c1-17-8-7-11-23(18(17)2)26-24(27)21-12-14-22(15-13-21)30-19(3)25(28)29-16-20-9-5-4-6-10-20/h4-15,19H,16H2,1-3H3,(H,26,27)/t19-/m0/s1. The lowest BCUT2D eigenvalue weighted by atomic mass is 10.1. The van der Waals surface area contributed by atoms with Crippen LogP contribution in [0.4, 0.5) is 5.69 Å². The molecule has 0 radical (unpaired) electrons. The maximum Gasteiger partial charge on any atom is 0.347 e. The Balaban J connectivity index is 1.55. The summed E-state index contributed by atoms with van der Waals surface area (Å²) in [5, 5.41) is 2.92. The highest BCUT2D eigenvalue weighted by atomic mass is 16.6. The van der Waals surface area contributed by atoms with E-state index >= 15 is 0 Å². The van der Waals surface area contributed by atoms with Gasteiger partial charge in [0.15, 0.2) is 6.10 Å². The molecular weight excluding hydrogens is 378 g/mol. The molecule has 5 heteroatoms. The van der Waals surface area contributed by atoms with Crippen LogP contribution in [0.2, 0.25) is 0 Å². The quantitative estimate of drug-likeness (QED) is 0.560. The van der Waals surface area contributed by atoms with Crippen molar-refractivity contribution >= 4 is 17.6 Å². The van der Waals surface area contributed by atoms with Gasteiger partial charge in [-0.2, -0.15) is 0 Å². The molecule has 0 aliphatic carbocycles. The predicted octanol–water partition coefficient (Wildman–Crippen LogP) is 5.07. The van der Waals surface area contributed by atoms with Crippen molar-refractivity contribution in [1.82, 2.24) is 0 Å². The summed E-state index contributed by atoms with van der Waals surface area (Å²) in [6, 6.07) is 21.9. The molecule has 0 saturated heterocycles. The topological polar surface area (TPSA) is 64.6 Å². The van der Waals surface area contributed by atoms with Crippen molar-refractivity contribution in [2.45, 2.75) is 33.5 Å². The van der Waals surface area contributed by atoms with E-state index < -0.39 is 12.1 Å². The summed E-state index contributed by atoms with van der Waals surface area (Å²) in [5.74, 6) is -0.163. The second-order valence-corrected chi connectivity index (χ2v) is 7.08. The van der Waals surface area contributed by atoms with Crippen molar-refractivity contribution in [2.75, 3.05) is 5.32 Å². The molecule has 0 aliphatic heterocycles. The third-order valence-electron chi connectivity index (χ3n) is 4.84. The number of amides is 1. The van der Waals surface area contributed by atoms with Gasteiger partial charge in [-0.25, -0.2) is 4.79 Å². The maximum absolute atomic E-state index is 12.5. The van der Waals surface area contributed by atoms with Crippen molar-refractivity contribution < 1.29 is 19.1 Å². The summed E-state index contributed by atoms with van der Waals surface area (Å²) < 4.78 is 10.9. The Labute approximate surface area is 176 Å². The Morgan fingerprint density at radius 1 is 0.900 bits per heavy atom. The first kappa shape index (κ1) is 21.1. The van der Waals surface area contributed by atoms with Gasteiger partial charge in [0, 0.05) is 11.3 Å². The van der Waals surface area contributed by atoms with E-state index in [0.717, 1.165) is 22.4 Å². The molecule has 30 heavy (non-hydrogen) atoms. The summed E-state index contributed by atoms with van der Waals surface area (Å²) in [6.45, 7) is 5.81. The molecule has 1 N–H and O–H groups in total. The molecule has 0 unspecified atom stereocenters. The van der Waals surface area contributed by atoms with Crippen molar-refractivity contribution in [1.29, 1.82) is 0 Å². The number of carbonyl (C=O) groups is 2. The van der Waals surface area contributed by atoms with E-state index in [1.54, 1.807) is 31.2 Å². The summed E-state index contributed by atoms with van der Waals surface area (Å²) in [4.78, 5) is 24.7. The number of rotatable bonds is 7. The average Bonchev–Trinajstić information content (AvgIpc) is 2.76. The Morgan fingerprint density at radius 3 is 2.30 bits per heavy atom. The molecule has 3 aromatic carbocycles. The minimum absolute atomic E-state index is 0.199. The molecule has 3 rings (SSSR count). The number of esters is 1. The molecular formula is C25H25NO4. The zero-order valence-corrected chi connectivity index (χ0v) is 17.3. The van der Waals surface area contributed by atoms with E-state index in [1.807, 2.05) is 62.4 Å². The first-order valence-electron chi connectivity index (χ1n) is 9.79. The molecule has 0 aromatic heterocycles. The lowest BCUT2D eigenvalue weighted by molar-refractivity contribution is -0.152. The predicted molar refractivity (Wildman–Crippen MR) is 117 cm³/mol. The third-order valence-corrected chi connectivity index (χ3v) is 4.84. The highest BCUT2D eigenvalue weighted by molar-refractivity contribution is 6.04. The molecule has 1 amide bonds. The summed E-state index contributed by atoms with van der Waals surface area (Å²) >= 11 is 0. The molecule has 0 aliphatic rings. The van der Waals surface area contributed by atoms with E-state index in [-0.39, 0.29) is 12.5 Å². The Morgan fingerprint density at radius 2 is 1.60 bits per heavy atom. The summed E-state index contributed by atoms with van der Waals surface area (Å²) in [6.07, 6.45) is -0.761. The van der Waals surface area contributed by atoms with Gasteiger partial charge in [-0.05, 0) is 67.8 Å². The van der Waals surface area contributed by atoms with Gasteiger partial charge in [0.1, 0.15) is 12.4 Å². The van der Waals surface area contributed by atoms with Crippen LogP contribution < -0.4 is 10.1 Å². The Kier molecular flexibility index (Phi) is 6.86. The van der Waals surface area contributed by atoms with Crippen LogP contribution in [0.3, 0.4) is 0 Å². The van der Waals surface area contributed by atoms with Crippen LogP contribution >= 0.6 is 0 Å². The second-order valence-electron chi connectivity index (χ2n) is 7.08. The number of carbonyl (C=O) groups excluding carboxylic acids is 2. The fourth-order valence-corrected chi connectivity index (χ4v) is 2.86. The van der Waals surface area contributed by atoms with Gasteiger partial charge in [-0.15, -0.1) is 0 Å². The number of anilines is 1. The smallest absolute Gasteiger partial charge is 0.347 e. The normalized spacial score (nSPS) is 11.4. The third kappa shape index (κ3) is 5.47. The zero-order valence-electron chi connectivity index (χ0n) is 17.3. The summed E-state index contributed by atoms with van der Waals surface area (Å²) in [5.41, 5.74) is 4.35. The van der Waals surface area contributed by atoms with E-state index in [0.29, 0.717) is 11.3 Å². The second kappa shape index (κ2) is 9.74. The lowest BCUT2D eigenvalue weighted by Crippen LogP contribution is -2.26. The van der Waals surface area contributed by atoms with Crippen LogP contribution in [0.15, 0.2) is 72.8 Å². The monoisotopic (exact) mass is 403 g/mol. The number of nitrogens with one attached hydrogen (secondary N) is 1. The van der Waals surface area contributed by atoms with Crippen molar-refractivity contribution in [3.05, 3.63) is 95.1 Å². The molecule has 5 nitrogen and oxygen atoms in total. The number of benzene rings is 3. The molecule has 3 aromatic rings. The number of ether oxygens (including phenoxy) is 2. The molecule has 0 heterocycles. The minimum atomic E-state index is -0.761. The molecule has 0 spiro atoms. The molecule has 1 atom stereocenters. The van der Waals surface area contributed by atoms with Gasteiger partial charge in [0.05, 0.1) is 0 Å². The Hall–Kier alpha value is -3.60. The van der Waals surface area contributed by atoms with E-state index in [4.69, 9.17) is 9.47 Å². The largest absolute Gasteiger partial charge is 0.479 e. The van der Waals surface area contributed by atoms with Crippen molar-refractivity contribution in [2.24, 2.45) is 0 Å². The van der Waals surface area contributed by atoms with Gasteiger partial charge in [0.2, 0.25) is 0 Å². The van der Waals surface area contributed by atoms with Crippen LogP contribution in [-0.2, 0) is 16.1 Å². The first-order valence-corrected chi connectivity index (χ1v) is 9.79. The fraction of sp³-hybridized carbons (Fsp3) is 0.200. The van der Waals surface area contributed by atoms with Gasteiger partial charge in [-0.1, -0.05) is 42.5 Å². The Bertz CT molecular complexity index is 1010. The number of hydrogen-bond acceptors (Lipinski definition) is 4. The van der Waals surface area contributed by atoms with Crippen LogP contribution in [-0.4, -0.2) is 18.0 Å². The van der Waals surface area contributed by atoms with Crippen molar-refractivity contribution in [3.63, 3.8) is 0 Å². The lowest BCUT2D eigenvalue weighted by Gasteiger charge is -2.14. The highest BCUT2D eigenvalue weighted by Crippen LogP contribution is 2.20. The van der Waals surface area contributed by atoms with Gasteiger partial charge in [0.25, 0.3) is 5.91 Å². The molecule has 154 valence electrons. The molecule has 0 fully saturated rings. The number of aryl methyl sites for hydroxylation is 1. The molecule has 0 saturated carbocycles.